The summed E-state index contributed by atoms with van der Waals surface area (Å²) in [4.78, 5) is 0. The van der Waals surface area contributed by atoms with Crippen molar-refractivity contribution in [3.63, 3.8) is 0 Å². The van der Waals surface area contributed by atoms with Crippen LogP contribution in [0.25, 0.3) is 0 Å². The van der Waals surface area contributed by atoms with E-state index in [2.05, 4.69) is 0 Å². The average molecular weight is 265 g/mol. The van der Waals surface area contributed by atoms with Gasteiger partial charge in [-0.25, -0.2) is 0 Å². The fourth-order valence-electron chi connectivity index (χ4n) is 0. The standard InChI is InChI=1S/Hg.O2S/c;1-3-2. The van der Waals surface area contributed by atoms with Gasteiger partial charge in [-0.2, -0.15) is 8.42 Å². The van der Waals surface area contributed by atoms with Crippen LogP contribution >= 0.6 is 0 Å². The van der Waals surface area contributed by atoms with Gasteiger partial charge in [0.15, 0.2) is 0 Å². The first-order valence-corrected chi connectivity index (χ1v) is 1.00. The number of rotatable bonds is 0. The van der Waals surface area contributed by atoms with Gasteiger partial charge in [-0.15, -0.1) is 0 Å². The van der Waals surface area contributed by atoms with Crippen LogP contribution in [0.5, 0.6) is 0 Å². The van der Waals surface area contributed by atoms with Crippen LogP contribution in [0, 0.1) is 0 Å². The molecule has 20 valence electrons. The van der Waals surface area contributed by atoms with Gasteiger partial charge >= 0.3 is 11.6 Å². The summed E-state index contributed by atoms with van der Waals surface area (Å²) >= 11 is -0.750. The molecule has 0 radical (unpaired) electrons. The van der Waals surface area contributed by atoms with Crippen molar-refractivity contribution in [2.24, 2.45) is 0 Å². The Morgan fingerprint density at radius 2 is 1.25 bits per heavy atom. The van der Waals surface area contributed by atoms with Crippen LogP contribution in [0.3, 0.4) is 0 Å². The van der Waals surface area contributed by atoms with E-state index in [1.807, 2.05) is 0 Å². The molecule has 0 bridgehead atoms. The normalized spacial score (nSPS) is 3.00. The van der Waals surface area contributed by atoms with E-state index in [0.717, 1.165) is 0 Å². The molecular formula is HgO2S. The largest absolute Gasteiger partial charge is 0.335 e. The maximum absolute atomic E-state index is 8.29. The smallest absolute Gasteiger partial charge is 0.168 e. The van der Waals surface area contributed by atoms with Crippen LogP contribution in [0.15, 0.2) is 0 Å². The molecule has 0 aliphatic rings. The van der Waals surface area contributed by atoms with Gasteiger partial charge in [0.05, 0.1) is 0 Å². The average Bonchev–Trinajstić information content (AvgIpc) is 0.918. The molecule has 0 saturated heterocycles. The molecule has 0 aromatic heterocycles. The molecule has 0 spiro atoms. The van der Waals surface area contributed by atoms with Gasteiger partial charge in [0, 0.05) is 27.7 Å². The molecule has 2 nitrogen and oxygen atoms in total. The number of hydrogen-bond donors (Lipinski definition) is 0. The van der Waals surface area contributed by atoms with Gasteiger partial charge in [0.2, 0.25) is 0 Å². The Kier molecular flexibility index (Phi) is 20.4. The molecule has 4 heteroatoms. The van der Waals surface area contributed by atoms with Gasteiger partial charge in [0.25, 0.3) is 0 Å². The third kappa shape index (κ3) is 14.9. The quantitative estimate of drug-likeness (QED) is 0.544. The van der Waals surface area contributed by atoms with Gasteiger partial charge < -0.3 is 0 Å². The minimum Gasteiger partial charge on any atom is -0.168 e. The van der Waals surface area contributed by atoms with Crippen LogP contribution in [-0.4, -0.2) is 8.42 Å². The zero-order valence-electron chi connectivity index (χ0n) is 1.93. The van der Waals surface area contributed by atoms with Crippen molar-refractivity contribution in [3.05, 3.63) is 0 Å². The molecule has 0 atom stereocenters. The van der Waals surface area contributed by atoms with E-state index < -0.39 is 11.6 Å². The monoisotopic (exact) mass is 266 g/mol. The molecule has 0 aromatic carbocycles. The second-order valence-corrected chi connectivity index (χ2v) is 0.204. The van der Waals surface area contributed by atoms with Gasteiger partial charge in [0.1, 0.15) is 0 Å². The third-order valence-corrected chi connectivity index (χ3v) is 0. The zero-order valence-corrected chi connectivity index (χ0v) is 8.25. The van der Waals surface area contributed by atoms with Crippen molar-refractivity contribution in [2.45, 2.75) is 0 Å². The maximum Gasteiger partial charge on any atom is 0.335 e. The predicted octanol–water partition coefficient (Wildman–Crippen LogP) is -0.673. The molecule has 0 amide bonds. The molecular weight excluding hydrogens is 265 g/mol. The summed E-state index contributed by atoms with van der Waals surface area (Å²) in [7, 11) is 0. The van der Waals surface area contributed by atoms with Crippen LogP contribution in [-0.2, 0) is 39.2 Å². The fourth-order valence-corrected chi connectivity index (χ4v) is 0. The minimum absolute atomic E-state index is 0. The summed E-state index contributed by atoms with van der Waals surface area (Å²) in [5.41, 5.74) is 0. The second kappa shape index (κ2) is 9.25. The summed E-state index contributed by atoms with van der Waals surface area (Å²) in [6.45, 7) is 0. The second-order valence-electron chi connectivity index (χ2n) is 0.0680. The summed E-state index contributed by atoms with van der Waals surface area (Å²) in [6.07, 6.45) is 0. The molecule has 0 heterocycles. The van der Waals surface area contributed by atoms with E-state index in [-0.39, 0.29) is 27.7 Å². The van der Waals surface area contributed by atoms with Crippen molar-refractivity contribution in [1.29, 1.82) is 0 Å². The number of hydrogen-bond acceptors (Lipinski definition) is 2. The van der Waals surface area contributed by atoms with Gasteiger partial charge in [-0.3, -0.25) is 0 Å². The summed E-state index contributed by atoms with van der Waals surface area (Å²) < 4.78 is 16.6. The van der Waals surface area contributed by atoms with Crippen molar-refractivity contribution in [2.75, 3.05) is 0 Å². The first-order valence-electron chi connectivity index (χ1n) is 0.333. The Bertz CT molecular complexity index is 27.0. The van der Waals surface area contributed by atoms with Gasteiger partial charge in [-0.05, 0) is 0 Å². The first kappa shape index (κ1) is 8.83. The Hall–Kier alpha value is 0.755. The Labute approximate surface area is 47.7 Å². The molecule has 0 unspecified atom stereocenters. The molecule has 4 heavy (non-hydrogen) atoms. The molecule has 0 N–H and O–H groups in total. The van der Waals surface area contributed by atoms with E-state index in [1.54, 1.807) is 0 Å². The Balaban J connectivity index is 0. The molecule has 0 fully saturated rings. The maximum atomic E-state index is 8.29. The fraction of sp³-hybridized carbons (Fsp3) is 0. The molecule has 0 aliphatic heterocycles. The predicted molar refractivity (Wildman–Crippen MR) is 8.92 cm³/mol. The third-order valence-electron chi connectivity index (χ3n) is 0. The summed E-state index contributed by atoms with van der Waals surface area (Å²) in [6, 6.07) is 0. The Morgan fingerprint density at radius 3 is 1.25 bits per heavy atom. The van der Waals surface area contributed by atoms with E-state index in [0.29, 0.717) is 0 Å². The van der Waals surface area contributed by atoms with Crippen molar-refractivity contribution < 1.29 is 36.1 Å². The van der Waals surface area contributed by atoms with Gasteiger partial charge in [-0.1, -0.05) is 0 Å². The van der Waals surface area contributed by atoms with E-state index >= 15 is 0 Å². The van der Waals surface area contributed by atoms with Crippen molar-refractivity contribution >= 4 is 11.6 Å². The van der Waals surface area contributed by atoms with Crippen LogP contribution in [0.4, 0.5) is 0 Å². The van der Waals surface area contributed by atoms with Crippen LogP contribution in [0.1, 0.15) is 0 Å². The molecule has 0 saturated carbocycles. The zero-order chi connectivity index (χ0) is 2.71. The minimum atomic E-state index is -0.750. The Morgan fingerprint density at radius 1 is 1.25 bits per heavy atom. The van der Waals surface area contributed by atoms with E-state index in [4.69, 9.17) is 8.42 Å². The van der Waals surface area contributed by atoms with Crippen LogP contribution in [0.2, 0.25) is 0 Å². The topological polar surface area (TPSA) is 34.1 Å². The SMILES string of the molecule is O=S=O.[Hg]. The summed E-state index contributed by atoms with van der Waals surface area (Å²) in [5.74, 6) is 0. The summed E-state index contributed by atoms with van der Waals surface area (Å²) in [5, 5.41) is 0. The van der Waals surface area contributed by atoms with Crippen LogP contribution < -0.4 is 0 Å². The first-order chi connectivity index (χ1) is 1.41. The molecule has 0 aromatic rings. The van der Waals surface area contributed by atoms with E-state index in [1.165, 1.54) is 0 Å². The molecule has 0 rings (SSSR count). The van der Waals surface area contributed by atoms with E-state index in [9.17, 15) is 0 Å². The van der Waals surface area contributed by atoms with Crippen molar-refractivity contribution in [1.82, 2.24) is 0 Å². The molecule has 0 aliphatic carbocycles. The van der Waals surface area contributed by atoms with Crippen molar-refractivity contribution in [3.8, 4) is 0 Å².